The first-order chi connectivity index (χ1) is 14.8. The molecule has 1 aromatic heterocycles. The molecule has 0 aliphatic heterocycles. The lowest BCUT2D eigenvalue weighted by Gasteiger charge is -2.13. The molecule has 3 aromatic rings. The summed E-state index contributed by atoms with van der Waals surface area (Å²) in [5.74, 6) is -1.60. The Morgan fingerprint density at radius 1 is 0.968 bits per heavy atom. The average molecular weight is 442 g/mol. The number of halogens is 1. The van der Waals surface area contributed by atoms with E-state index in [2.05, 4.69) is 30.7 Å². The summed E-state index contributed by atoms with van der Waals surface area (Å²) in [7, 11) is 0. The molecule has 4 N–H and O–H groups in total. The minimum Gasteiger partial charge on any atom is -0.478 e. The number of carboxylic acid groups (broad SMARTS) is 1. The number of anilines is 1. The SMILES string of the molecule is CCN(CC)CC.Nc1[nH]c(C(=O)c2ccccc2)c(-c2ccc(Cl)cc2)c1C(=O)O. The number of carbonyl (C=O) groups is 2. The first-order valence-electron chi connectivity index (χ1n) is 10.2. The molecule has 0 atom stereocenters. The first kappa shape index (κ1) is 24.2. The van der Waals surface area contributed by atoms with E-state index in [4.69, 9.17) is 17.3 Å². The third-order valence-electron chi connectivity index (χ3n) is 4.98. The highest BCUT2D eigenvalue weighted by molar-refractivity contribution is 6.30. The Balaban J connectivity index is 0.000000423. The Labute approximate surface area is 187 Å². The van der Waals surface area contributed by atoms with Gasteiger partial charge in [-0.15, -0.1) is 0 Å². The summed E-state index contributed by atoms with van der Waals surface area (Å²) in [5.41, 5.74) is 7.06. The number of ketones is 1. The summed E-state index contributed by atoms with van der Waals surface area (Å²) in [4.78, 5) is 29.5. The smallest absolute Gasteiger partial charge is 0.340 e. The number of H-pyrrole nitrogens is 1. The molecule has 7 heteroatoms. The van der Waals surface area contributed by atoms with Gasteiger partial charge in [-0.1, -0.05) is 74.8 Å². The molecule has 0 spiro atoms. The van der Waals surface area contributed by atoms with E-state index in [9.17, 15) is 14.7 Å². The lowest BCUT2D eigenvalue weighted by molar-refractivity contribution is 0.0699. The van der Waals surface area contributed by atoms with Gasteiger partial charge in [0.15, 0.2) is 0 Å². The Bertz CT molecular complexity index is 1010. The molecule has 0 unspecified atom stereocenters. The van der Waals surface area contributed by atoms with E-state index in [0.717, 1.165) is 0 Å². The van der Waals surface area contributed by atoms with E-state index in [-0.39, 0.29) is 28.4 Å². The zero-order chi connectivity index (χ0) is 23.0. The molecule has 1 heterocycles. The fraction of sp³-hybridized carbons (Fsp3) is 0.250. The number of carboxylic acids is 1. The van der Waals surface area contributed by atoms with Crippen LogP contribution >= 0.6 is 11.6 Å². The van der Waals surface area contributed by atoms with Crippen LogP contribution in [0.3, 0.4) is 0 Å². The largest absolute Gasteiger partial charge is 0.478 e. The average Bonchev–Trinajstić information content (AvgIpc) is 3.13. The number of nitrogen functional groups attached to an aromatic ring is 1. The standard InChI is InChI=1S/C18H13ClN2O3.C6H15N/c19-12-8-6-10(7-9-12)13-14(18(23)24)17(20)21-15(13)16(22)11-4-2-1-3-5-11;1-4-7(5-2)6-3/h1-9,21H,20H2,(H,23,24);4-6H2,1-3H3. The molecule has 164 valence electrons. The summed E-state index contributed by atoms with van der Waals surface area (Å²) in [6.07, 6.45) is 0. The van der Waals surface area contributed by atoms with Gasteiger partial charge in [0, 0.05) is 16.1 Å². The second-order valence-corrected chi connectivity index (χ2v) is 7.23. The van der Waals surface area contributed by atoms with Crippen molar-refractivity contribution in [1.82, 2.24) is 9.88 Å². The van der Waals surface area contributed by atoms with Crippen molar-refractivity contribution < 1.29 is 14.7 Å². The fourth-order valence-corrected chi connectivity index (χ4v) is 3.35. The van der Waals surface area contributed by atoms with Crippen LogP contribution in [0.5, 0.6) is 0 Å². The predicted octanol–water partition coefficient (Wildman–Crippen LogP) is 5.19. The molecule has 0 fully saturated rings. The number of benzene rings is 2. The van der Waals surface area contributed by atoms with Gasteiger partial charge >= 0.3 is 5.97 Å². The molecule has 0 saturated heterocycles. The Morgan fingerprint density at radius 2 is 1.52 bits per heavy atom. The van der Waals surface area contributed by atoms with Crippen LogP contribution in [0.1, 0.15) is 47.2 Å². The molecular weight excluding hydrogens is 414 g/mol. The van der Waals surface area contributed by atoms with Crippen LogP contribution in [-0.4, -0.2) is 46.4 Å². The van der Waals surface area contributed by atoms with Crippen LogP contribution < -0.4 is 5.73 Å². The zero-order valence-electron chi connectivity index (χ0n) is 18.0. The molecule has 2 aromatic carbocycles. The summed E-state index contributed by atoms with van der Waals surface area (Å²) in [6, 6.07) is 15.1. The normalized spacial score (nSPS) is 10.5. The maximum absolute atomic E-state index is 12.8. The topological polar surface area (TPSA) is 99.4 Å². The van der Waals surface area contributed by atoms with Crippen LogP contribution in [0.2, 0.25) is 5.02 Å². The van der Waals surface area contributed by atoms with Crippen molar-refractivity contribution >= 4 is 29.2 Å². The number of nitrogens with zero attached hydrogens (tertiary/aromatic N) is 1. The van der Waals surface area contributed by atoms with Crippen molar-refractivity contribution in [1.29, 1.82) is 0 Å². The van der Waals surface area contributed by atoms with Gasteiger partial charge < -0.3 is 20.7 Å². The number of aromatic carboxylic acids is 1. The van der Waals surface area contributed by atoms with E-state index < -0.39 is 5.97 Å². The molecule has 31 heavy (non-hydrogen) atoms. The van der Waals surface area contributed by atoms with E-state index in [1.54, 1.807) is 54.6 Å². The van der Waals surface area contributed by atoms with Crippen molar-refractivity contribution in [3.8, 4) is 11.1 Å². The first-order valence-corrected chi connectivity index (χ1v) is 10.5. The van der Waals surface area contributed by atoms with Crippen molar-refractivity contribution in [3.05, 3.63) is 76.4 Å². The van der Waals surface area contributed by atoms with Gasteiger partial charge in [-0.05, 0) is 37.3 Å². The number of hydrogen-bond donors (Lipinski definition) is 3. The number of rotatable bonds is 7. The second kappa shape index (κ2) is 11.3. The van der Waals surface area contributed by atoms with Crippen LogP contribution in [0.25, 0.3) is 11.1 Å². The lowest BCUT2D eigenvalue weighted by Crippen LogP contribution is -2.21. The van der Waals surface area contributed by atoms with Crippen molar-refractivity contribution in [2.24, 2.45) is 0 Å². The number of nitrogens with two attached hydrogens (primary N) is 1. The summed E-state index contributed by atoms with van der Waals surface area (Å²) < 4.78 is 0. The van der Waals surface area contributed by atoms with Crippen molar-refractivity contribution in [2.45, 2.75) is 20.8 Å². The minimum atomic E-state index is -1.21. The molecule has 3 rings (SSSR count). The zero-order valence-corrected chi connectivity index (χ0v) is 18.7. The number of hydrogen-bond acceptors (Lipinski definition) is 4. The Morgan fingerprint density at radius 3 is 1.97 bits per heavy atom. The van der Waals surface area contributed by atoms with Gasteiger partial charge in [-0.3, -0.25) is 4.79 Å². The molecule has 6 nitrogen and oxygen atoms in total. The van der Waals surface area contributed by atoms with Gasteiger partial charge in [-0.2, -0.15) is 0 Å². The molecule has 0 bridgehead atoms. The van der Waals surface area contributed by atoms with Crippen LogP contribution in [0, 0.1) is 0 Å². The van der Waals surface area contributed by atoms with E-state index in [0.29, 0.717) is 16.1 Å². The second-order valence-electron chi connectivity index (χ2n) is 6.79. The lowest BCUT2D eigenvalue weighted by atomic mass is 9.97. The minimum absolute atomic E-state index is 0.0632. The van der Waals surface area contributed by atoms with Crippen LogP contribution in [0.4, 0.5) is 5.82 Å². The monoisotopic (exact) mass is 441 g/mol. The highest BCUT2D eigenvalue weighted by Crippen LogP contribution is 2.34. The van der Waals surface area contributed by atoms with Gasteiger partial charge in [0.1, 0.15) is 11.4 Å². The summed E-state index contributed by atoms with van der Waals surface area (Å²) in [6.45, 7) is 10.1. The third kappa shape index (κ3) is 5.96. The van der Waals surface area contributed by atoms with Gasteiger partial charge in [0.25, 0.3) is 0 Å². The number of carbonyl (C=O) groups excluding carboxylic acids is 1. The van der Waals surface area contributed by atoms with Gasteiger partial charge in [0.2, 0.25) is 5.78 Å². The highest BCUT2D eigenvalue weighted by Gasteiger charge is 2.26. The molecule has 0 saturated carbocycles. The van der Waals surface area contributed by atoms with E-state index >= 15 is 0 Å². The number of aromatic amines is 1. The predicted molar refractivity (Wildman–Crippen MR) is 126 cm³/mol. The molecule has 0 amide bonds. The summed E-state index contributed by atoms with van der Waals surface area (Å²) in [5, 5.41) is 10.0. The number of aromatic nitrogens is 1. The van der Waals surface area contributed by atoms with Crippen molar-refractivity contribution in [3.63, 3.8) is 0 Å². The molecule has 0 aliphatic carbocycles. The molecule has 0 aliphatic rings. The highest BCUT2D eigenvalue weighted by atomic mass is 35.5. The molecular formula is C24H28ClN3O3. The van der Waals surface area contributed by atoms with E-state index in [1.807, 2.05) is 0 Å². The maximum Gasteiger partial charge on any atom is 0.340 e. The third-order valence-corrected chi connectivity index (χ3v) is 5.23. The summed E-state index contributed by atoms with van der Waals surface area (Å²) >= 11 is 5.89. The van der Waals surface area contributed by atoms with Crippen LogP contribution in [-0.2, 0) is 0 Å². The fourth-order valence-electron chi connectivity index (χ4n) is 3.22. The maximum atomic E-state index is 12.8. The van der Waals surface area contributed by atoms with Gasteiger partial charge in [-0.25, -0.2) is 4.79 Å². The number of nitrogens with one attached hydrogen (secondary N) is 1. The van der Waals surface area contributed by atoms with Crippen molar-refractivity contribution in [2.75, 3.05) is 25.4 Å². The Hall–Kier alpha value is -3.09. The van der Waals surface area contributed by atoms with Gasteiger partial charge in [0.05, 0.1) is 5.69 Å². The Kier molecular flexibility index (Phi) is 8.85. The van der Waals surface area contributed by atoms with Crippen LogP contribution in [0.15, 0.2) is 54.6 Å². The quantitative estimate of drug-likeness (QED) is 0.438. The van der Waals surface area contributed by atoms with E-state index in [1.165, 1.54) is 19.6 Å². The molecule has 0 radical (unpaired) electrons.